The van der Waals surface area contributed by atoms with E-state index in [4.69, 9.17) is 9.47 Å². The molecule has 7 nitrogen and oxygen atoms in total. The monoisotopic (exact) mass is 440 g/mol. The zero-order chi connectivity index (χ0) is 22.0. The Kier molecular flexibility index (Phi) is 5.99. The predicted molar refractivity (Wildman–Crippen MR) is 120 cm³/mol. The third-order valence-electron chi connectivity index (χ3n) is 5.09. The van der Waals surface area contributed by atoms with Gasteiger partial charge in [0, 0.05) is 23.0 Å². The Hall–Kier alpha value is -3.26. The molecule has 3 aromatic rings. The van der Waals surface area contributed by atoms with E-state index in [0.717, 1.165) is 28.5 Å². The number of anilines is 1. The summed E-state index contributed by atoms with van der Waals surface area (Å²) < 4.78 is 11.2. The molecule has 1 aliphatic rings. The second kappa shape index (κ2) is 8.85. The van der Waals surface area contributed by atoms with E-state index in [2.05, 4.69) is 5.32 Å². The Balaban J connectivity index is 1.50. The van der Waals surface area contributed by atoms with Crippen molar-refractivity contribution >= 4 is 39.1 Å². The lowest BCUT2D eigenvalue weighted by Crippen LogP contribution is -2.36. The molecule has 0 saturated heterocycles. The number of carbonyl (C=O) groups excluding carboxylic acids is 2. The van der Waals surface area contributed by atoms with Crippen molar-refractivity contribution < 1.29 is 24.2 Å². The zero-order valence-electron chi connectivity index (χ0n) is 17.4. The fraction of sp³-hybridized carbons (Fsp3) is 0.304. The van der Waals surface area contributed by atoms with Gasteiger partial charge < -0.3 is 24.8 Å². The molecular formula is C23H24N2O5S. The van der Waals surface area contributed by atoms with Gasteiger partial charge in [0.1, 0.15) is 4.88 Å². The molecule has 2 N–H and O–H groups in total. The van der Waals surface area contributed by atoms with Crippen LogP contribution in [0.15, 0.2) is 42.5 Å². The first kappa shape index (κ1) is 21.0. The van der Waals surface area contributed by atoms with E-state index >= 15 is 0 Å². The molecule has 0 spiro atoms. The zero-order valence-corrected chi connectivity index (χ0v) is 18.2. The first-order valence-corrected chi connectivity index (χ1v) is 10.9. The molecule has 2 aromatic carbocycles. The van der Waals surface area contributed by atoms with Crippen molar-refractivity contribution in [1.82, 2.24) is 4.90 Å². The fourth-order valence-corrected chi connectivity index (χ4v) is 4.33. The van der Waals surface area contributed by atoms with Crippen LogP contribution in [0.25, 0.3) is 10.1 Å². The van der Waals surface area contributed by atoms with E-state index in [9.17, 15) is 14.7 Å². The van der Waals surface area contributed by atoms with Gasteiger partial charge >= 0.3 is 12.0 Å². The number of fused-ring (bicyclic) bond motifs is 1. The molecule has 0 radical (unpaired) electrons. The molecule has 1 heterocycles. The lowest BCUT2D eigenvalue weighted by molar-refractivity contribution is 0.0532. The number of nitrogens with one attached hydrogen (secondary N) is 1. The third kappa shape index (κ3) is 4.74. The van der Waals surface area contributed by atoms with Crippen molar-refractivity contribution in [2.45, 2.75) is 32.4 Å². The molecule has 1 saturated carbocycles. The number of nitrogens with zero attached hydrogens (tertiary/aromatic N) is 1. The standard InChI is InChI=1S/C23H24N2O5S/c1-3-30-22(27)21-12-15-11-16(5-9-20(15)31-21)24-23(28)25(17-6-7-17)13-14-4-8-18(26)19(10-14)29-2/h4-5,8-12,17,26H,3,6-7,13H2,1-2H3,(H,24,28). The van der Waals surface area contributed by atoms with Gasteiger partial charge in [-0.2, -0.15) is 0 Å². The summed E-state index contributed by atoms with van der Waals surface area (Å²) >= 11 is 1.37. The number of phenolic OH excluding ortho intramolecular Hbond substituents is 1. The Morgan fingerprint density at radius 2 is 2.00 bits per heavy atom. The average molecular weight is 441 g/mol. The molecule has 2 amide bonds. The van der Waals surface area contributed by atoms with E-state index in [-0.39, 0.29) is 23.8 Å². The average Bonchev–Trinajstić information content (AvgIpc) is 3.51. The van der Waals surface area contributed by atoms with Crippen molar-refractivity contribution in [2.24, 2.45) is 0 Å². The summed E-state index contributed by atoms with van der Waals surface area (Å²) in [5.41, 5.74) is 1.55. The normalized spacial score (nSPS) is 13.1. The molecule has 0 atom stereocenters. The van der Waals surface area contributed by atoms with E-state index in [0.29, 0.717) is 29.5 Å². The topological polar surface area (TPSA) is 88.1 Å². The lowest BCUT2D eigenvalue weighted by Gasteiger charge is -2.23. The quantitative estimate of drug-likeness (QED) is 0.506. The highest BCUT2D eigenvalue weighted by molar-refractivity contribution is 7.20. The van der Waals surface area contributed by atoms with E-state index in [1.807, 2.05) is 18.2 Å². The molecule has 4 rings (SSSR count). The summed E-state index contributed by atoms with van der Waals surface area (Å²) in [5, 5.41) is 13.7. The van der Waals surface area contributed by atoms with Crippen molar-refractivity contribution in [3.8, 4) is 11.5 Å². The van der Waals surface area contributed by atoms with Crippen molar-refractivity contribution in [1.29, 1.82) is 0 Å². The number of aromatic hydroxyl groups is 1. The molecule has 1 fully saturated rings. The highest BCUT2D eigenvalue weighted by Crippen LogP contribution is 2.33. The number of hydrogen-bond donors (Lipinski definition) is 2. The van der Waals surface area contributed by atoms with Crippen LogP contribution in [0.2, 0.25) is 0 Å². The van der Waals surface area contributed by atoms with Gasteiger partial charge in [0.25, 0.3) is 0 Å². The number of ether oxygens (including phenoxy) is 2. The Labute approximate surface area is 184 Å². The summed E-state index contributed by atoms with van der Waals surface area (Å²) in [6.45, 7) is 2.53. The van der Waals surface area contributed by atoms with Crippen molar-refractivity contribution in [2.75, 3.05) is 19.0 Å². The highest BCUT2D eigenvalue weighted by Gasteiger charge is 2.33. The van der Waals surface area contributed by atoms with Gasteiger partial charge in [0.05, 0.1) is 13.7 Å². The minimum atomic E-state index is -0.335. The third-order valence-corrected chi connectivity index (χ3v) is 6.19. The number of carbonyl (C=O) groups is 2. The summed E-state index contributed by atoms with van der Waals surface area (Å²) in [7, 11) is 1.50. The smallest absolute Gasteiger partial charge is 0.348 e. The van der Waals surface area contributed by atoms with Crippen LogP contribution in [0.4, 0.5) is 10.5 Å². The van der Waals surface area contributed by atoms with Crippen LogP contribution in [0.1, 0.15) is 35.0 Å². The van der Waals surface area contributed by atoms with Crippen LogP contribution in [0, 0.1) is 0 Å². The van der Waals surface area contributed by atoms with Crippen LogP contribution in [-0.4, -0.2) is 41.8 Å². The molecule has 0 unspecified atom stereocenters. The SMILES string of the molecule is CCOC(=O)c1cc2cc(NC(=O)N(Cc3ccc(O)c(OC)c3)C3CC3)ccc2s1. The molecule has 1 aromatic heterocycles. The number of urea groups is 1. The number of amides is 2. The molecule has 0 aliphatic heterocycles. The molecule has 0 bridgehead atoms. The van der Waals surface area contributed by atoms with Gasteiger partial charge in [-0.1, -0.05) is 6.07 Å². The maximum Gasteiger partial charge on any atom is 0.348 e. The summed E-state index contributed by atoms with van der Waals surface area (Å²) in [4.78, 5) is 27.3. The molecule has 162 valence electrons. The van der Waals surface area contributed by atoms with Gasteiger partial charge in [0.2, 0.25) is 0 Å². The number of methoxy groups -OCH3 is 1. The van der Waals surface area contributed by atoms with E-state index in [1.165, 1.54) is 18.4 Å². The van der Waals surface area contributed by atoms with Crippen LogP contribution in [-0.2, 0) is 11.3 Å². The Morgan fingerprint density at radius 1 is 1.19 bits per heavy atom. The fourth-order valence-electron chi connectivity index (χ4n) is 3.39. The van der Waals surface area contributed by atoms with Crippen LogP contribution >= 0.6 is 11.3 Å². The minimum absolute atomic E-state index is 0.0694. The summed E-state index contributed by atoms with van der Waals surface area (Å²) in [5.74, 6) is 0.118. The van der Waals surface area contributed by atoms with Gasteiger partial charge in [0.15, 0.2) is 11.5 Å². The second-order valence-electron chi connectivity index (χ2n) is 7.38. The number of esters is 1. The molecule has 31 heavy (non-hydrogen) atoms. The first-order chi connectivity index (χ1) is 15.0. The lowest BCUT2D eigenvalue weighted by atomic mass is 10.2. The van der Waals surface area contributed by atoms with Gasteiger partial charge in [-0.15, -0.1) is 11.3 Å². The van der Waals surface area contributed by atoms with Gasteiger partial charge in [-0.05, 0) is 67.1 Å². The van der Waals surface area contributed by atoms with E-state index < -0.39 is 0 Å². The first-order valence-electron chi connectivity index (χ1n) is 10.1. The Morgan fingerprint density at radius 3 is 2.71 bits per heavy atom. The van der Waals surface area contributed by atoms with Crippen LogP contribution in [0.3, 0.4) is 0 Å². The van der Waals surface area contributed by atoms with Gasteiger partial charge in [-0.3, -0.25) is 0 Å². The number of phenols is 1. The Bertz CT molecular complexity index is 1120. The minimum Gasteiger partial charge on any atom is -0.504 e. The second-order valence-corrected chi connectivity index (χ2v) is 8.46. The van der Waals surface area contributed by atoms with E-state index in [1.54, 1.807) is 36.1 Å². The van der Waals surface area contributed by atoms with Crippen molar-refractivity contribution in [3.63, 3.8) is 0 Å². The number of rotatable bonds is 7. The number of benzene rings is 2. The number of hydrogen-bond acceptors (Lipinski definition) is 6. The van der Waals surface area contributed by atoms with Crippen LogP contribution in [0.5, 0.6) is 11.5 Å². The molecule has 8 heteroatoms. The molecular weight excluding hydrogens is 416 g/mol. The predicted octanol–water partition coefficient (Wildman–Crippen LogP) is 4.99. The number of thiophene rings is 1. The molecule has 1 aliphatic carbocycles. The summed E-state index contributed by atoms with van der Waals surface area (Å²) in [6.07, 6.45) is 1.93. The highest BCUT2D eigenvalue weighted by atomic mass is 32.1. The maximum absolute atomic E-state index is 13.0. The largest absolute Gasteiger partial charge is 0.504 e. The van der Waals surface area contributed by atoms with Crippen molar-refractivity contribution in [3.05, 3.63) is 52.9 Å². The maximum atomic E-state index is 13.0. The summed E-state index contributed by atoms with van der Waals surface area (Å²) in [6, 6.07) is 12.5. The van der Waals surface area contributed by atoms with Crippen LogP contribution < -0.4 is 10.1 Å². The van der Waals surface area contributed by atoms with Gasteiger partial charge in [-0.25, -0.2) is 9.59 Å².